The fraction of sp³-hybridized carbons (Fsp3) is 0.100. The van der Waals surface area contributed by atoms with Gasteiger partial charge in [-0.3, -0.25) is 0 Å². The summed E-state index contributed by atoms with van der Waals surface area (Å²) in [4.78, 5) is 20.2. The average Bonchev–Trinajstić information content (AvgIpc) is 2.68. The minimum absolute atomic E-state index is 0.322. The Balaban J connectivity index is 2.05. The highest BCUT2D eigenvalue weighted by Crippen LogP contribution is 2.31. The van der Waals surface area contributed by atoms with Crippen molar-refractivity contribution < 1.29 is 0 Å². The molecular weight excluding hydrogens is 324 g/mol. The Kier molecular flexibility index (Phi) is 3.93. The van der Waals surface area contributed by atoms with E-state index in [4.69, 9.17) is 15.7 Å². The van der Waals surface area contributed by atoms with E-state index in [0.717, 1.165) is 22.5 Å². The zero-order valence-electron chi connectivity index (χ0n) is 14.6. The van der Waals surface area contributed by atoms with Gasteiger partial charge >= 0.3 is 0 Å². The van der Waals surface area contributed by atoms with Gasteiger partial charge in [0.15, 0.2) is 17.0 Å². The van der Waals surface area contributed by atoms with Gasteiger partial charge in [-0.2, -0.15) is 9.97 Å². The Morgan fingerprint density at radius 2 is 1.23 bits per heavy atom. The second-order valence-corrected chi connectivity index (χ2v) is 6.13. The highest BCUT2D eigenvalue weighted by atomic mass is 15.2. The lowest BCUT2D eigenvalue weighted by Crippen LogP contribution is -2.14. The summed E-state index contributed by atoms with van der Waals surface area (Å²) in [5.74, 6) is 0.832. The van der Waals surface area contributed by atoms with Crippen LogP contribution in [0.5, 0.6) is 0 Å². The smallest absolute Gasteiger partial charge is 0.228 e. The number of anilines is 2. The maximum Gasteiger partial charge on any atom is 0.228 e. The van der Waals surface area contributed by atoms with Crippen LogP contribution in [0.1, 0.15) is 0 Å². The molecule has 2 aromatic heterocycles. The predicted octanol–water partition coefficient (Wildman–Crippen LogP) is 3.40. The first-order valence-electron chi connectivity index (χ1n) is 8.27. The molecule has 0 aliphatic heterocycles. The van der Waals surface area contributed by atoms with Crippen LogP contribution in [0.2, 0.25) is 0 Å². The van der Waals surface area contributed by atoms with E-state index >= 15 is 0 Å². The number of aromatic nitrogens is 4. The van der Waals surface area contributed by atoms with E-state index in [1.165, 1.54) is 0 Å². The van der Waals surface area contributed by atoms with Gasteiger partial charge in [0.2, 0.25) is 5.95 Å². The summed E-state index contributed by atoms with van der Waals surface area (Å²) in [6.07, 6.45) is 0. The molecule has 0 spiro atoms. The van der Waals surface area contributed by atoms with E-state index in [9.17, 15) is 0 Å². The second-order valence-electron chi connectivity index (χ2n) is 6.13. The highest BCUT2D eigenvalue weighted by Gasteiger charge is 2.17. The molecule has 128 valence electrons. The van der Waals surface area contributed by atoms with Crippen molar-refractivity contribution in [2.24, 2.45) is 0 Å². The lowest BCUT2D eigenvalue weighted by Gasteiger charge is -2.14. The number of fused-ring (bicyclic) bond motifs is 1. The molecule has 0 fully saturated rings. The van der Waals surface area contributed by atoms with Gasteiger partial charge in [0.25, 0.3) is 0 Å². The summed E-state index contributed by atoms with van der Waals surface area (Å²) in [7, 11) is 3.73. The topological polar surface area (TPSA) is 80.8 Å². The van der Waals surface area contributed by atoms with Crippen LogP contribution in [0.3, 0.4) is 0 Å². The average molecular weight is 342 g/mol. The molecule has 0 aliphatic rings. The molecule has 2 N–H and O–H groups in total. The quantitative estimate of drug-likeness (QED) is 0.614. The zero-order valence-corrected chi connectivity index (χ0v) is 14.6. The fourth-order valence-corrected chi connectivity index (χ4v) is 2.75. The third kappa shape index (κ3) is 2.82. The fourth-order valence-electron chi connectivity index (χ4n) is 2.75. The van der Waals surface area contributed by atoms with Crippen molar-refractivity contribution in [1.82, 2.24) is 19.9 Å². The van der Waals surface area contributed by atoms with Gasteiger partial charge in [0.1, 0.15) is 0 Å². The SMILES string of the molecule is CN(C)c1nc(N)c2nc(-c3ccccc3)c(-c3ccccc3)nc2n1. The first-order valence-corrected chi connectivity index (χ1v) is 8.27. The normalized spacial score (nSPS) is 10.8. The van der Waals surface area contributed by atoms with Crippen molar-refractivity contribution in [2.75, 3.05) is 24.7 Å². The molecule has 0 radical (unpaired) electrons. The van der Waals surface area contributed by atoms with Crippen LogP contribution < -0.4 is 10.6 Å². The maximum absolute atomic E-state index is 6.15. The summed E-state index contributed by atoms with van der Waals surface area (Å²) in [5, 5.41) is 0. The Morgan fingerprint density at radius 3 is 1.77 bits per heavy atom. The Morgan fingerprint density at radius 1 is 0.692 bits per heavy atom. The first kappa shape index (κ1) is 16.0. The molecule has 0 unspecified atom stereocenters. The lowest BCUT2D eigenvalue weighted by molar-refractivity contribution is 1.01. The van der Waals surface area contributed by atoms with E-state index in [1.54, 1.807) is 4.90 Å². The van der Waals surface area contributed by atoms with Crippen LogP contribution in [0, 0.1) is 0 Å². The molecule has 2 aromatic carbocycles. The molecule has 4 aromatic rings. The summed E-state index contributed by atoms with van der Waals surface area (Å²) in [6, 6.07) is 19.9. The summed E-state index contributed by atoms with van der Waals surface area (Å²) in [5.41, 5.74) is 10.6. The van der Waals surface area contributed by atoms with Crippen molar-refractivity contribution in [3.05, 3.63) is 60.7 Å². The van der Waals surface area contributed by atoms with Gasteiger partial charge in [-0.25, -0.2) is 9.97 Å². The van der Waals surface area contributed by atoms with E-state index in [2.05, 4.69) is 9.97 Å². The molecule has 0 amide bonds. The molecule has 0 saturated carbocycles. The Labute approximate surface area is 151 Å². The molecular formula is C20H18N6. The van der Waals surface area contributed by atoms with E-state index in [-0.39, 0.29) is 0 Å². The molecule has 0 aliphatic carbocycles. The standard InChI is InChI=1S/C20H18N6/c1-26(2)20-24-18(21)17-19(25-20)23-16(14-11-7-4-8-12-14)15(22-17)13-9-5-3-6-10-13/h3-12H,1-2H3,(H2,21,23,24,25). The largest absolute Gasteiger partial charge is 0.382 e. The zero-order chi connectivity index (χ0) is 18.1. The molecule has 2 heterocycles. The van der Waals surface area contributed by atoms with Crippen molar-refractivity contribution >= 4 is 22.9 Å². The number of nitrogens with two attached hydrogens (primary N) is 1. The summed E-state index contributed by atoms with van der Waals surface area (Å²) < 4.78 is 0. The number of nitrogen functional groups attached to an aromatic ring is 1. The van der Waals surface area contributed by atoms with Crippen LogP contribution in [0.25, 0.3) is 33.7 Å². The molecule has 6 heteroatoms. The van der Waals surface area contributed by atoms with Gasteiger partial charge in [0, 0.05) is 25.2 Å². The number of rotatable bonds is 3. The molecule has 0 bridgehead atoms. The number of benzene rings is 2. The minimum atomic E-state index is 0.322. The van der Waals surface area contributed by atoms with E-state index < -0.39 is 0 Å². The van der Waals surface area contributed by atoms with Crippen molar-refractivity contribution in [3.63, 3.8) is 0 Å². The third-order valence-electron chi connectivity index (χ3n) is 4.04. The molecule has 6 nitrogen and oxygen atoms in total. The highest BCUT2D eigenvalue weighted by molar-refractivity contribution is 5.89. The van der Waals surface area contributed by atoms with Crippen LogP contribution in [-0.4, -0.2) is 34.0 Å². The van der Waals surface area contributed by atoms with Crippen LogP contribution in [0.15, 0.2) is 60.7 Å². The van der Waals surface area contributed by atoms with Gasteiger partial charge in [-0.1, -0.05) is 60.7 Å². The van der Waals surface area contributed by atoms with Gasteiger partial charge in [0.05, 0.1) is 11.4 Å². The summed E-state index contributed by atoms with van der Waals surface area (Å²) in [6.45, 7) is 0. The lowest BCUT2D eigenvalue weighted by atomic mass is 10.0. The van der Waals surface area contributed by atoms with Crippen LogP contribution in [0.4, 0.5) is 11.8 Å². The van der Waals surface area contributed by atoms with E-state index in [0.29, 0.717) is 22.9 Å². The molecule has 4 rings (SSSR count). The number of hydrogen-bond acceptors (Lipinski definition) is 6. The van der Waals surface area contributed by atoms with Gasteiger partial charge in [-0.15, -0.1) is 0 Å². The predicted molar refractivity (Wildman–Crippen MR) is 105 cm³/mol. The minimum Gasteiger partial charge on any atom is -0.382 e. The van der Waals surface area contributed by atoms with Crippen molar-refractivity contribution in [1.29, 1.82) is 0 Å². The van der Waals surface area contributed by atoms with Crippen LogP contribution in [-0.2, 0) is 0 Å². The van der Waals surface area contributed by atoms with Gasteiger partial charge in [-0.05, 0) is 0 Å². The number of hydrogen-bond donors (Lipinski definition) is 1. The van der Waals surface area contributed by atoms with Crippen molar-refractivity contribution in [2.45, 2.75) is 0 Å². The maximum atomic E-state index is 6.15. The molecule has 0 atom stereocenters. The Hall–Kier alpha value is -3.54. The molecule has 0 saturated heterocycles. The third-order valence-corrected chi connectivity index (χ3v) is 4.04. The first-order chi connectivity index (χ1) is 12.6. The summed E-state index contributed by atoms with van der Waals surface area (Å²) >= 11 is 0. The Bertz CT molecular complexity index is 1060. The van der Waals surface area contributed by atoms with Gasteiger partial charge < -0.3 is 10.6 Å². The van der Waals surface area contributed by atoms with Crippen molar-refractivity contribution in [3.8, 4) is 22.5 Å². The molecule has 26 heavy (non-hydrogen) atoms. The monoisotopic (exact) mass is 342 g/mol. The second kappa shape index (κ2) is 6.40. The number of nitrogens with zero attached hydrogens (tertiary/aromatic N) is 5. The van der Waals surface area contributed by atoms with E-state index in [1.807, 2.05) is 74.8 Å². The van der Waals surface area contributed by atoms with Crippen LogP contribution >= 0.6 is 0 Å².